The molecule has 14 heavy (non-hydrogen) atoms. The standard InChI is InChI=1S/C9H13N3O2/c1-3-14-9(13)12-6(2)4-7(5-10)8(12)11/h6-7,11H,3-4H2,1-2H3. The minimum absolute atomic E-state index is 0.0541. The van der Waals surface area contributed by atoms with Gasteiger partial charge < -0.3 is 4.74 Å². The Hall–Kier alpha value is -1.57. The van der Waals surface area contributed by atoms with Gasteiger partial charge in [-0.1, -0.05) is 0 Å². The number of hydrogen-bond acceptors (Lipinski definition) is 4. The van der Waals surface area contributed by atoms with Crippen molar-refractivity contribution in [3.63, 3.8) is 0 Å². The maximum atomic E-state index is 11.4. The summed E-state index contributed by atoms with van der Waals surface area (Å²) < 4.78 is 4.80. The molecule has 0 aromatic rings. The number of nitriles is 1. The summed E-state index contributed by atoms with van der Waals surface area (Å²) in [5.41, 5.74) is 0. The SMILES string of the molecule is CCOC(=O)N1C(=N)C(C#N)CC1C. The van der Waals surface area contributed by atoms with E-state index < -0.39 is 12.0 Å². The van der Waals surface area contributed by atoms with Crippen LogP contribution in [0, 0.1) is 22.7 Å². The van der Waals surface area contributed by atoms with E-state index in [1.54, 1.807) is 6.92 Å². The molecule has 1 N–H and O–H groups in total. The van der Waals surface area contributed by atoms with Crippen molar-refractivity contribution >= 4 is 11.9 Å². The van der Waals surface area contributed by atoms with Gasteiger partial charge in [0.1, 0.15) is 11.8 Å². The zero-order valence-corrected chi connectivity index (χ0v) is 8.28. The van der Waals surface area contributed by atoms with Crippen molar-refractivity contribution in [3.05, 3.63) is 0 Å². The van der Waals surface area contributed by atoms with Gasteiger partial charge in [0.05, 0.1) is 12.7 Å². The molecule has 1 heterocycles. The highest BCUT2D eigenvalue weighted by molar-refractivity contribution is 5.98. The maximum absolute atomic E-state index is 11.4. The lowest BCUT2D eigenvalue weighted by atomic mass is 10.1. The second-order valence-corrected chi connectivity index (χ2v) is 3.22. The van der Waals surface area contributed by atoms with Crippen molar-refractivity contribution in [2.75, 3.05) is 6.61 Å². The van der Waals surface area contributed by atoms with E-state index in [1.807, 2.05) is 13.0 Å². The molecule has 76 valence electrons. The highest BCUT2D eigenvalue weighted by Gasteiger charge is 2.38. The third-order valence-electron chi connectivity index (χ3n) is 2.23. The highest BCUT2D eigenvalue weighted by atomic mass is 16.6. The predicted octanol–water partition coefficient (Wildman–Crippen LogP) is 1.35. The van der Waals surface area contributed by atoms with Gasteiger partial charge in [0.2, 0.25) is 0 Å². The van der Waals surface area contributed by atoms with Crippen LogP contribution in [0.25, 0.3) is 0 Å². The van der Waals surface area contributed by atoms with E-state index in [9.17, 15) is 4.79 Å². The summed E-state index contributed by atoms with van der Waals surface area (Å²) in [4.78, 5) is 12.6. The number of carbonyl (C=O) groups is 1. The molecular formula is C9H13N3O2. The Morgan fingerprint density at radius 1 is 1.86 bits per heavy atom. The first-order chi connectivity index (χ1) is 6.61. The van der Waals surface area contributed by atoms with Crippen LogP contribution in [0.1, 0.15) is 20.3 Å². The molecule has 0 radical (unpaired) electrons. The zero-order chi connectivity index (χ0) is 10.7. The fourth-order valence-electron chi connectivity index (χ4n) is 1.55. The average molecular weight is 195 g/mol. The Morgan fingerprint density at radius 2 is 2.50 bits per heavy atom. The highest BCUT2D eigenvalue weighted by Crippen LogP contribution is 2.24. The molecule has 0 aromatic carbocycles. The molecule has 2 unspecified atom stereocenters. The monoisotopic (exact) mass is 195 g/mol. The van der Waals surface area contributed by atoms with Gasteiger partial charge in [0, 0.05) is 6.04 Å². The van der Waals surface area contributed by atoms with Crippen LogP contribution >= 0.6 is 0 Å². The van der Waals surface area contributed by atoms with Crippen LogP contribution in [0.4, 0.5) is 4.79 Å². The van der Waals surface area contributed by atoms with E-state index in [0.29, 0.717) is 6.42 Å². The number of rotatable bonds is 1. The Labute approximate surface area is 82.8 Å². The van der Waals surface area contributed by atoms with Crippen molar-refractivity contribution in [1.29, 1.82) is 10.7 Å². The molecule has 1 saturated heterocycles. The van der Waals surface area contributed by atoms with E-state index in [-0.39, 0.29) is 18.5 Å². The minimum Gasteiger partial charge on any atom is -0.449 e. The van der Waals surface area contributed by atoms with Crippen LogP contribution in [0.3, 0.4) is 0 Å². The number of ether oxygens (including phenoxy) is 1. The average Bonchev–Trinajstić information content (AvgIpc) is 2.41. The topological polar surface area (TPSA) is 77.2 Å². The normalized spacial score (nSPS) is 26.1. The van der Waals surface area contributed by atoms with Gasteiger partial charge >= 0.3 is 6.09 Å². The van der Waals surface area contributed by atoms with Crippen molar-refractivity contribution in [2.24, 2.45) is 5.92 Å². The molecule has 0 aliphatic carbocycles. The Balaban J connectivity index is 2.75. The van der Waals surface area contributed by atoms with Crippen molar-refractivity contribution in [2.45, 2.75) is 26.3 Å². The zero-order valence-electron chi connectivity index (χ0n) is 8.28. The lowest BCUT2D eigenvalue weighted by Crippen LogP contribution is -2.38. The number of hydrogen-bond donors (Lipinski definition) is 1. The number of amidine groups is 1. The first kappa shape index (κ1) is 10.5. The summed E-state index contributed by atoms with van der Waals surface area (Å²) in [7, 11) is 0. The van der Waals surface area contributed by atoms with Gasteiger partial charge in [-0.15, -0.1) is 0 Å². The van der Waals surface area contributed by atoms with Crippen LogP contribution in [-0.4, -0.2) is 29.5 Å². The molecule has 0 saturated carbocycles. The molecule has 0 bridgehead atoms. The number of amides is 1. The van der Waals surface area contributed by atoms with Crippen molar-refractivity contribution < 1.29 is 9.53 Å². The molecular weight excluding hydrogens is 182 g/mol. The molecule has 1 rings (SSSR count). The van der Waals surface area contributed by atoms with Crippen LogP contribution in [0.15, 0.2) is 0 Å². The van der Waals surface area contributed by atoms with E-state index >= 15 is 0 Å². The third-order valence-corrected chi connectivity index (χ3v) is 2.23. The van der Waals surface area contributed by atoms with Gasteiger partial charge in [-0.05, 0) is 20.3 Å². The predicted molar refractivity (Wildman–Crippen MR) is 49.8 cm³/mol. The van der Waals surface area contributed by atoms with Crippen molar-refractivity contribution in [1.82, 2.24) is 4.90 Å². The van der Waals surface area contributed by atoms with Crippen LogP contribution in [0.5, 0.6) is 0 Å². The Bertz CT molecular complexity index is 295. The molecule has 1 amide bonds. The summed E-state index contributed by atoms with van der Waals surface area (Å²) >= 11 is 0. The smallest absolute Gasteiger partial charge is 0.415 e. The van der Waals surface area contributed by atoms with E-state index in [0.717, 1.165) is 0 Å². The lowest BCUT2D eigenvalue weighted by molar-refractivity contribution is 0.122. The first-order valence-corrected chi connectivity index (χ1v) is 4.55. The van der Waals surface area contributed by atoms with Gasteiger partial charge in [-0.3, -0.25) is 10.3 Å². The fourth-order valence-corrected chi connectivity index (χ4v) is 1.55. The summed E-state index contributed by atoms with van der Waals surface area (Å²) in [6.07, 6.45) is -0.00326. The summed E-state index contributed by atoms with van der Waals surface area (Å²) in [6, 6.07) is 1.88. The van der Waals surface area contributed by atoms with Crippen molar-refractivity contribution in [3.8, 4) is 6.07 Å². The van der Waals surface area contributed by atoms with Crippen LogP contribution < -0.4 is 0 Å². The summed E-state index contributed by atoms with van der Waals surface area (Å²) in [5, 5.41) is 16.3. The molecule has 0 aromatic heterocycles. The maximum Gasteiger partial charge on any atom is 0.415 e. The largest absolute Gasteiger partial charge is 0.449 e. The molecule has 2 atom stereocenters. The van der Waals surface area contributed by atoms with E-state index in [1.165, 1.54) is 4.90 Å². The number of nitrogens with one attached hydrogen (secondary N) is 1. The molecule has 1 aliphatic heterocycles. The first-order valence-electron chi connectivity index (χ1n) is 4.55. The van der Waals surface area contributed by atoms with Crippen LogP contribution in [-0.2, 0) is 4.74 Å². The molecule has 0 spiro atoms. The van der Waals surface area contributed by atoms with Gasteiger partial charge in [0.15, 0.2) is 0 Å². The second-order valence-electron chi connectivity index (χ2n) is 3.22. The Kier molecular flexibility index (Phi) is 3.07. The molecule has 1 fully saturated rings. The van der Waals surface area contributed by atoms with E-state index in [2.05, 4.69) is 0 Å². The van der Waals surface area contributed by atoms with Gasteiger partial charge in [-0.25, -0.2) is 4.79 Å². The van der Waals surface area contributed by atoms with Gasteiger partial charge in [-0.2, -0.15) is 5.26 Å². The minimum atomic E-state index is -0.525. The van der Waals surface area contributed by atoms with Crippen LogP contribution in [0.2, 0.25) is 0 Å². The summed E-state index contributed by atoms with van der Waals surface area (Å²) in [5.74, 6) is -0.423. The van der Waals surface area contributed by atoms with Gasteiger partial charge in [0.25, 0.3) is 0 Å². The number of carbonyl (C=O) groups excluding carboxylic acids is 1. The molecule has 5 nitrogen and oxygen atoms in total. The lowest BCUT2D eigenvalue weighted by Gasteiger charge is -2.19. The quantitative estimate of drug-likeness (QED) is 0.686. The Morgan fingerprint density at radius 3 is 2.93 bits per heavy atom. The summed E-state index contributed by atoms with van der Waals surface area (Å²) in [6.45, 7) is 3.80. The molecule has 5 heteroatoms. The van der Waals surface area contributed by atoms with E-state index in [4.69, 9.17) is 15.4 Å². The fraction of sp³-hybridized carbons (Fsp3) is 0.667. The molecule has 1 aliphatic rings. The third kappa shape index (κ3) is 1.69. The second kappa shape index (κ2) is 4.09. The number of nitrogens with zero attached hydrogens (tertiary/aromatic N) is 2. The number of likely N-dealkylation sites (tertiary alicyclic amines) is 1.